The molecule has 0 atom stereocenters. The SMILES string of the molecule is c1ccc(-c2ccc(-c3cc(-c4ccc5c(c4)c4ccccc4c4cc6c(cc54)oc4ccccc46)nc(-c4ccccc4)n3)cc2)cc1. The lowest BCUT2D eigenvalue weighted by atomic mass is 9.91. The van der Waals surface area contributed by atoms with Crippen LogP contribution in [0.15, 0.2) is 174 Å². The van der Waals surface area contributed by atoms with E-state index >= 15 is 0 Å². The molecule has 0 N–H and O–H groups in total. The average Bonchev–Trinajstić information content (AvgIpc) is 3.55. The summed E-state index contributed by atoms with van der Waals surface area (Å²) in [5.41, 5.74) is 9.03. The number of fused-ring (bicyclic) bond motifs is 9. The third kappa shape index (κ3) is 4.59. The Bertz CT molecular complexity index is 2850. The lowest BCUT2D eigenvalue weighted by molar-refractivity contribution is 0.669. The van der Waals surface area contributed by atoms with Crippen LogP contribution in [-0.2, 0) is 0 Å². The Morgan fingerprint density at radius 3 is 1.53 bits per heavy atom. The van der Waals surface area contributed by atoms with Gasteiger partial charge in [-0.3, -0.25) is 0 Å². The Labute approximate surface area is 282 Å². The van der Waals surface area contributed by atoms with Crippen LogP contribution in [0.2, 0.25) is 0 Å². The van der Waals surface area contributed by atoms with Crippen LogP contribution in [0, 0.1) is 0 Å². The van der Waals surface area contributed by atoms with Crippen molar-refractivity contribution in [3.05, 3.63) is 170 Å². The fourth-order valence-corrected chi connectivity index (χ4v) is 7.25. The van der Waals surface area contributed by atoms with Gasteiger partial charge in [-0.1, -0.05) is 140 Å². The van der Waals surface area contributed by atoms with Crippen molar-refractivity contribution >= 4 is 54.3 Å². The summed E-state index contributed by atoms with van der Waals surface area (Å²) < 4.78 is 6.34. The minimum absolute atomic E-state index is 0.705. The summed E-state index contributed by atoms with van der Waals surface area (Å²) >= 11 is 0. The highest BCUT2D eigenvalue weighted by molar-refractivity contribution is 6.28. The average molecular weight is 625 g/mol. The van der Waals surface area contributed by atoms with Gasteiger partial charge in [0.2, 0.25) is 0 Å². The molecule has 2 aromatic heterocycles. The number of nitrogens with zero attached hydrogens (tertiary/aromatic N) is 2. The van der Waals surface area contributed by atoms with E-state index in [4.69, 9.17) is 14.4 Å². The quantitative estimate of drug-likeness (QED) is 0.183. The molecule has 10 aromatic rings. The Balaban J connectivity index is 1.18. The van der Waals surface area contributed by atoms with Crippen molar-refractivity contribution in [1.82, 2.24) is 9.97 Å². The van der Waals surface area contributed by atoms with Crippen molar-refractivity contribution in [3.8, 4) is 45.0 Å². The number of rotatable bonds is 4. The number of aromatic nitrogens is 2. The molecule has 3 nitrogen and oxygen atoms in total. The van der Waals surface area contributed by atoms with E-state index < -0.39 is 0 Å². The summed E-state index contributed by atoms with van der Waals surface area (Å²) in [6.07, 6.45) is 0. The van der Waals surface area contributed by atoms with Gasteiger partial charge in [-0.15, -0.1) is 0 Å². The number of hydrogen-bond acceptors (Lipinski definition) is 3. The highest BCUT2D eigenvalue weighted by Gasteiger charge is 2.16. The van der Waals surface area contributed by atoms with Gasteiger partial charge in [0.25, 0.3) is 0 Å². The molecular formula is C46H28N2O. The zero-order valence-corrected chi connectivity index (χ0v) is 26.5. The second-order valence-electron chi connectivity index (χ2n) is 12.6. The maximum Gasteiger partial charge on any atom is 0.160 e. The fraction of sp³-hybridized carbons (Fsp3) is 0. The zero-order valence-electron chi connectivity index (χ0n) is 26.5. The second-order valence-corrected chi connectivity index (χ2v) is 12.6. The molecule has 228 valence electrons. The molecule has 0 aliphatic heterocycles. The van der Waals surface area contributed by atoms with Crippen molar-refractivity contribution in [3.63, 3.8) is 0 Å². The first-order chi connectivity index (χ1) is 24.3. The highest BCUT2D eigenvalue weighted by Crippen LogP contribution is 2.41. The smallest absolute Gasteiger partial charge is 0.160 e. The molecule has 0 saturated heterocycles. The van der Waals surface area contributed by atoms with E-state index in [9.17, 15) is 0 Å². The lowest BCUT2D eigenvalue weighted by Gasteiger charge is -2.13. The van der Waals surface area contributed by atoms with Crippen LogP contribution in [0.4, 0.5) is 0 Å². The fourth-order valence-electron chi connectivity index (χ4n) is 7.25. The third-order valence-electron chi connectivity index (χ3n) is 9.68. The number of furan rings is 1. The van der Waals surface area contributed by atoms with Gasteiger partial charge in [0, 0.05) is 27.5 Å². The van der Waals surface area contributed by atoms with E-state index in [2.05, 4.69) is 133 Å². The molecule has 0 aliphatic rings. The zero-order chi connectivity index (χ0) is 32.3. The number of benzene rings is 8. The minimum Gasteiger partial charge on any atom is -0.456 e. The summed E-state index contributed by atoms with van der Waals surface area (Å²) in [7, 11) is 0. The van der Waals surface area contributed by atoms with E-state index in [1.165, 1.54) is 43.4 Å². The molecule has 49 heavy (non-hydrogen) atoms. The number of hydrogen-bond donors (Lipinski definition) is 0. The van der Waals surface area contributed by atoms with Gasteiger partial charge in [-0.05, 0) is 73.8 Å². The van der Waals surface area contributed by atoms with Crippen LogP contribution >= 0.6 is 0 Å². The molecule has 0 radical (unpaired) electrons. The van der Waals surface area contributed by atoms with Crippen molar-refractivity contribution in [1.29, 1.82) is 0 Å². The molecule has 0 spiro atoms. The third-order valence-corrected chi connectivity index (χ3v) is 9.68. The van der Waals surface area contributed by atoms with Gasteiger partial charge in [0.1, 0.15) is 11.2 Å². The van der Waals surface area contributed by atoms with Crippen LogP contribution in [0.3, 0.4) is 0 Å². The van der Waals surface area contributed by atoms with Crippen LogP contribution in [-0.4, -0.2) is 9.97 Å². The van der Waals surface area contributed by atoms with Gasteiger partial charge < -0.3 is 4.42 Å². The highest BCUT2D eigenvalue weighted by atomic mass is 16.3. The molecule has 0 fully saturated rings. The Morgan fingerprint density at radius 1 is 0.286 bits per heavy atom. The monoisotopic (exact) mass is 624 g/mol. The normalized spacial score (nSPS) is 11.7. The summed E-state index contributed by atoms with van der Waals surface area (Å²) in [5.74, 6) is 0.705. The van der Waals surface area contributed by atoms with E-state index in [-0.39, 0.29) is 0 Å². The molecule has 0 bridgehead atoms. The van der Waals surface area contributed by atoms with Gasteiger partial charge >= 0.3 is 0 Å². The van der Waals surface area contributed by atoms with E-state index in [0.717, 1.165) is 50.0 Å². The molecule has 0 aliphatic carbocycles. The van der Waals surface area contributed by atoms with E-state index in [0.29, 0.717) is 5.82 Å². The molecule has 0 unspecified atom stereocenters. The predicted molar refractivity (Wildman–Crippen MR) is 204 cm³/mol. The largest absolute Gasteiger partial charge is 0.456 e. The van der Waals surface area contributed by atoms with Crippen molar-refractivity contribution in [2.24, 2.45) is 0 Å². The molecule has 3 heteroatoms. The minimum atomic E-state index is 0.705. The maximum absolute atomic E-state index is 6.34. The summed E-state index contributed by atoms with van der Waals surface area (Å²) in [6.45, 7) is 0. The Kier molecular flexibility index (Phi) is 6.18. The Hall–Kier alpha value is -6.58. The predicted octanol–water partition coefficient (Wildman–Crippen LogP) is 12.5. The van der Waals surface area contributed by atoms with Crippen molar-refractivity contribution < 1.29 is 4.42 Å². The van der Waals surface area contributed by atoms with Crippen molar-refractivity contribution in [2.75, 3.05) is 0 Å². The van der Waals surface area contributed by atoms with Crippen LogP contribution < -0.4 is 0 Å². The summed E-state index contributed by atoms with van der Waals surface area (Å²) in [5, 5.41) is 9.50. The molecule has 8 aromatic carbocycles. The number of para-hydroxylation sites is 1. The first-order valence-corrected chi connectivity index (χ1v) is 16.6. The van der Waals surface area contributed by atoms with Gasteiger partial charge in [0.15, 0.2) is 5.82 Å². The van der Waals surface area contributed by atoms with E-state index in [1.54, 1.807) is 0 Å². The second kappa shape index (κ2) is 11.0. The Morgan fingerprint density at radius 2 is 0.796 bits per heavy atom. The van der Waals surface area contributed by atoms with Crippen molar-refractivity contribution in [2.45, 2.75) is 0 Å². The standard InChI is InChI=1S/C46H28N2O/c1-3-11-29(12-4-1)30-19-21-31(22-20-30)42-28-43(48-46(47-42)32-13-5-2-6-14-32)33-23-24-36-38(25-33)34-15-7-8-16-35(34)39-26-41-37-17-9-10-18-44(37)49-45(41)27-40(36)39/h1-28H. The molecule has 0 saturated carbocycles. The first-order valence-electron chi connectivity index (χ1n) is 16.6. The van der Waals surface area contributed by atoms with Gasteiger partial charge in [0.05, 0.1) is 11.4 Å². The first kappa shape index (κ1) is 27.5. The van der Waals surface area contributed by atoms with Crippen LogP contribution in [0.25, 0.3) is 99.3 Å². The summed E-state index contributed by atoms with van der Waals surface area (Å²) in [4.78, 5) is 10.2. The van der Waals surface area contributed by atoms with Gasteiger partial charge in [-0.2, -0.15) is 0 Å². The molecular weight excluding hydrogens is 597 g/mol. The maximum atomic E-state index is 6.34. The lowest BCUT2D eigenvalue weighted by Crippen LogP contribution is -1.96. The van der Waals surface area contributed by atoms with Crippen LogP contribution in [0.1, 0.15) is 0 Å². The topological polar surface area (TPSA) is 38.9 Å². The van der Waals surface area contributed by atoms with Gasteiger partial charge in [-0.25, -0.2) is 9.97 Å². The molecule has 0 amide bonds. The van der Waals surface area contributed by atoms with E-state index in [1.807, 2.05) is 36.4 Å². The molecule has 10 rings (SSSR count). The molecule has 2 heterocycles. The van der Waals surface area contributed by atoms with Crippen LogP contribution in [0.5, 0.6) is 0 Å². The summed E-state index contributed by atoms with van der Waals surface area (Å²) in [6, 6.07) is 59.7.